The van der Waals surface area contributed by atoms with E-state index >= 15 is 0 Å². The zero-order chi connectivity index (χ0) is 10.4. The highest BCUT2D eigenvalue weighted by molar-refractivity contribution is 6.67. The van der Waals surface area contributed by atoms with Crippen molar-refractivity contribution < 1.29 is 14.7 Å². The van der Waals surface area contributed by atoms with Gasteiger partial charge in [-0.25, -0.2) is 0 Å². The number of carbonyl (C=O) groups excluding carboxylic acids is 1. The number of rotatable bonds is 4. The fraction of sp³-hybridized carbons (Fsp3) is 0.750. The molecule has 0 bridgehead atoms. The summed E-state index contributed by atoms with van der Waals surface area (Å²) in [6, 6.07) is 0. The molecule has 4 nitrogen and oxygen atoms in total. The van der Waals surface area contributed by atoms with Crippen molar-refractivity contribution in [1.29, 1.82) is 0 Å². The highest BCUT2D eigenvalue weighted by Crippen LogP contribution is 2.17. The molecule has 1 unspecified atom stereocenters. The van der Waals surface area contributed by atoms with Gasteiger partial charge in [0.15, 0.2) is 5.17 Å². The highest BCUT2D eigenvalue weighted by Gasteiger charge is 2.28. The van der Waals surface area contributed by atoms with E-state index in [-0.39, 0.29) is 17.7 Å². The summed E-state index contributed by atoms with van der Waals surface area (Å²) >= 11 is 5.56. The summed E-state index contributed by atoms with van der Waals surface area (Å²) in [6.07, 6.45) is 0. The van der Waals surface area contributed by atoms with E-state index in [1.165, 1.54) is 0 Å². The Morgan fingerprint density at radius 2 is 2.15 bits per heavy atom. The van der Waals surface area contributed by atoms with E-state index in [9.17, 15) is 4.79 Å². The second kappa shape index (κ2) is 5.80. The molecule has 0 fully saturated rings. The molecule has 0 aromatic rings. The lowest BCUT2D eigenvalue weighted by atomic mass is 9.97. The molecule has 0 aliphatic carbocycles. The second-order valence-corrected chi connectivity index (χ2v) is 3.28. The summed E-state index contributed by atoms with van der Waals surface area (Å²) < 4.78 is 4.77. The van der Waals surface area contributed by atoms with Crippen LogP contribution < -0.4 is 0 Å². The Morgan fingerprint density at radius 1 is 1.62 bits per heavy atom. The van der Waals surface area contributed by atoms with Crippen LogP contribution in [0.4, 0.5) is 0 Å². The topological polar surface area (TPSA) is 58.9 Å². The van der Waals surface area contributed by atoms with E-state index in [2.05, 4.69) is 5.16 Å². The van der Waals surface area contributed by atoms with E-state index in [0.717, 1.165) is 0 Å². The zero-order valence-corrected chi connectivity index (χ0v) is 8.71. The van der Waals surface area contributed by atoms with Crippen molar-refractivity contribution in [2.75, 3.05) is 6.61 Å². The van der Waals surface area contributed by atoms with Crippen LogP contribution in [0.25, 0.3) is 0 Å². The Hall–Kier alpha value is -0.770. The maximum atomic E-state index is 11.3. The number of halogens is 1. The monoisotopic (exact) mass is 207 g/mol. The van der Waals surface area contributed by atoms with Gasteiger partial charge in [-0.3, -0.25) is 4.79 Å². The molecule has 1 N–H and O–H groups in total. The van der Waals surface area contributed by atoms with Gasteiger partial charge < -0.3 is 9.94 Å². The van der Waals surface area contributed by atoms with Crippen molar-refractivity contribution in [2.24, 2.45) is 17.0 Å². The summed E-state index contributed by atoms with van der Waals surface area (Å²) in [6.45, 7) is 5.60. The van der Waals surface area contributed by atoms with Crippen LogP contribution in [0.2, 0.25) is 0 Å². The predicted molar refractivity (Wildman–Crippen MR) is 50.0 cm³/mol. The summed E-state index contributed by atoms with van der Waals surface area (Å²) in [5, 5.41) is 11.1. The normalized spacial score (nSPS) is 14.4. The quantitative estimate of drug-likeness (QED) is 0.331. The zero-order valence-electron chi connectivity index (χ0n) is 7.95. The van der Waals surface area contributed by atoms with Crippen molar-refractivity contribution in [1.82, 2.24) is 0 Å². The maximum absolute atomic E-state index is 11.3. The molecule has 0 aromatic heterocycles. The summed E-state index contributed by atoms with van der Waals surface area (Å²) in [4.78, 5) is 11.3. The SMILES string of the molecule is CCOC(=O)C(/C(Cl)=N/O)C(C)C. The molecule has 0 radical (unpaired) electrons. The molecule has 0 heterocycles. The Balaban J connectivity index is 4.52. The molecular weight excluding hydrogens is 194 g/mol. The molecule has 0 saturated carbocycles. The standard InChI is InChI=1S/C8H14ClNO3/c1-4-13-8(11)6(5(2)3)7(9)10-12/h5-6,12H,4H2,1-3H3/b10-7-. The Kier molecular flexibility index (Phi) is 5.46. The van der Waals surface area contributed by atoms with Crippen molar-refractivity contribution in [2.45, 2.75) is 20.8 Å². The van der Waals surface area contributed by atoms with Crippen LogP contribution in [0.5, 0.6) is 0 Å². The molecule has 76 valence electrons. The smallest absolute Gasteiger partial charge is 0.316 e. The van der Waals surface area contributed by atoms with Gasteiger partial charge in [0.1, 0.15) is 5.92 Å². The Bertz CT molecular complexity index is 204. The number of esters is 1. The minimum Gasteiger partial charge on any atom is -0.465 e. The maximum Gasteiger partial charge on any atom is 0.316 e. The third kappa shape index (κ3) is 3.63. The van der Waals surface area contributed by atoms with Gasteiger partial charge in [-0.2, -0.15) is 0 Å². The molecular formula is C8H14ClNO3. The van der Waals surface area contributed by atoms with Gasteiger partial charge in [-0.1, -0.05) is 30.6 Å². The van der Waals surface area contributed by atoms with Gasteiger partial charge in [-0.05, 0) is 12.8 Å². The van der Waals surface area contributed by atoms with Crippen LogP contribution in [0.3, 0.4) is 0 Å². The first-order chi connectivity index (χ1) is 6.04. The van der Waals surface area contributed by atoms with Crippen molar-refractivity contribution in [3.63, 3.8) is 0 Å². The number of hydrogen-bond donors (Lipinski definition) is 1. The average Bonchev–Trinajstić information content (AvgIpc) is 2.04. The van der Waals surface area contributed by atoms with E-state index in [0.29, 0.717) is 0 Å². The van der Waals surface area contributed by atoms with Gasteiger partial charge in [0, 0.05) is 0 Å². The lowest BCUT2D eigenvalue weighted by molar-refractivity contribution is -0.146. The molecule has 0 aliphatic heterocycles. The van der Waals surface area contributed by atoms with Crippen molar-refractivity contribution in [3.8, 4) is 0 Å². The van der Waals surface area contributed by atoms with Crippen molar-refractivity contribution >= 4 is 22.7 Å². The van der Waals surface area contributed by atoms with Crippen LogP contribution in [0.15, 0.2) is 5.16 Å². The van der Waals surface area contributed by atoms with Crippen LogP contribution in [-0.2, 0) is 9.53 Å². The fourth-order valence-electron chi connectivity index (χ4n) is 0.939. The van der Waals surface area contributed by atoms with Crippen LogP contribution in [0.1, 0.15) is 20.8 Å². The first-order valence-corrected chi connectivity index (χ1v) is 4.46. The molecule has 0 aliphatic rings. The van der Waals surface area contributed by atoms with E-state index < -0.39 is 11.9 Å². The van der Waals surface area contributed by atoms with Gasteiger partial charge in [0.05, 0.1) is 6.61 Å². The molecule has 0 saturated heterocycles. The lowest BCUT2D eigenvalue weighted by Gasteiger charge is -2.15. The molecule has 0 aromatic carbocycles. The fourth-order valence-corrected chi connectivity index (χ4v) is 1.28. The minimum atomic E-state index is -0.674. The molecule has 1 atom stereocenters. The first kappa shape index (κ1) is 12.2. The minimum absolute atomic E-state index is 0.0533. The summed E-state index contributed by atoms with van der Waals surface area (Å²) in [5.74, 6) is -1.19. The molecule has 13 heavy (non-hydrogen) atoms. The van der Waals surface area contributed by atoms with E-state index in [4.69, 9.17) is 21.5 Å². The predicted octanol–water partition coefficient (Wildman–Crippen LogP) is 1.85. The van der Waals surface area contributed by atoms with Crippen LogP contribution in [0, 0.1) is 11.8 Å². The number of oxime groups is 1. The van der Waals surface area contributed by atoms with Gasteiger partial charge >= 0.3 is 5.97 Å². The summed E-state index contributed by atoms with van der Waals surface area (Å²) in [7, 11) is 0. The van der Waals surface area contributed by atoms with E-state index in [1.807, 2.05) is 0 Å². The van der Waals surface area contributed by atoms with Crippen LogP contribution >= 0.6 is 11.6 Å². The summed E-state index contributed by atoms with van der Waals surface area (Å²) in [5.41, 5.74) is 0. The molecule has 0 spiro atoms. The third-order valence-corrected chi connectivity index (χ3v) is 1.87. The van der Waals surface area contributed by atoms with E-state index in [1.54, 1.807) is 20.8 Å². The molecule has 0 rings (SSSR count). The number of hydrogen-bond acceptors (Lipinski definition) is 4. The van der Waals surface area contributed by atoms with Gasteiger partial charge in [0.25, 0.3) is 0 Å². The largest absolute Gasteiger partial charge is 0.465 e. The third-order valence-electron chi connectivity index (χ3n) is 1.56. The lowest BCUT2D eigenvalue weighted by Crippen LogP contribution is -2.28. The second-order valence-electron chi connectivity index (χ2n) is 2.90. The Labute approximate surface area is 82.5 Å². The molecule has 0 amide bonds. The van der Waals surface area contributed by atoms with Crippen LogP contribution in [-0.4, -0.2) is 23.0 Å². The number of ether oxygens (including phenoxy) is 1. The first-order valence-electron chi connectivity index (χ1n) is 4.08. The van der Waals surface area contributed by atoms with Gasteiger partial charge in [0.2, 0.25) is 0 Å². The average molecular weight is 208 g/mol. The number of carbonyl (C=O) groups is 1. The Morgan fingerprint density at radius 3 is 2.46 bits per heavy atom. The van der Waals surface area contributed by atoms with Gasteiger partial charge in [-0.15, -0.1) is 0 Å². The number of nitrogens with zero attached hydrogens (tertiary/aromatic N) is 1. The highest BCUT2D eigenvalue weighted by atomic mass is 35.5. The van der Waals surface area contributed by atoms with Crippen molar-refractivity contribution in [3.05, 3.63) is 0 Å². The molecule has 5 heteroatoms.